The Morgan fingerprint density at radius 2 is 1.57 bits per heavy atom. The predicted molar refractivity (Wildman–Crippen MR) is 95.3 cm³/mol. The summed E-state index contributed by atoms with van der Waals surface area (Å²) in [5, 5.41) is 18.4. The second-order valence-corrected chi connectivity index (χ2v) is 6.82. The van der Waals surface area contributed by atoms with Gasteiger partial charge in [0.15, 0.2) is 0 Å². The third-order valence-corrected chi connectivity index (χ3v) is 4.88. The number of hydrogen-bond acceptors (Lipinski definition) is 4. The standard InChI is InChI=1S/C12H16O2S.C7H8O/c13-11-6-12(15-9-11)8-14-7-10-4-2-1-3-5-10;8-6-7-4-2-1-3-5-7/h1-5,11-13H,6-9H2;1-5,8H,6H2. The Bertz CT molecular complexity index is 533. The normalized spacial score (nSPS) is 19.9. The van der Waals surface area contributed by atoms with Crippen LogP contribution in [0.4, 0.5) is 0 Å². The fourth-order valence-electron chi connectivity index (χ4n) is 2.27. The van der Waals surface area contributed by atoms with Crippen LogP contribution in [0.15, 0.2) is 60.7 Å². The number of benzene rings is 2. The maximum Gasteiger partial charge on any atom is 0.0717 e. The molecule has 1 aliphatic rings. The number of rotatable bonds is 5. The molecule has 2 aromatic rings. The van der Waals surface area contributed by atoms with Gasteiger partial charge < -0.3 is 14.9 Å². The van der Waals surface area contributed by atoms with Gasteiger partial charge in [-0.05, 0) is 17.5 Å². The van der Waals surface area contributed by atoms with Crippen molar-refractivity contribution in [2.75, 3.05) is 12.4 Å². The van der Waals surface area contributed by atoms with Crippen LogP contribution in [0.25, 0.3) is 0 Å². The van der Waals surface area contributed by atoms with E-state index < -0.39 is 0 Å². The summed E-state index contributed by atoms with van der Waals surface area (Å²) < 4.78 is 5.62. The molecule has 0 saturated carbocycles. The van der Waals surface area contributed by atoms with Crippen molar-refractivity contribution in [1.82, 2.24) is 0 Å². The van der Waals surface area contributed by atoms with E-state index in [9.17, 15) is 5.11 Å². The molecule has 0 bridgehead atoms. The summed E-state index contributed by atoms with van der Waals surface area (Å²) in [4.78, 5) is 0. The van der Waals surface area contributed by atoms with Crippen LogP contribution in [0, 0.1) is 0 Å². The molecule has 3 nitrogen and oxygen atoms in total. The van der Waals surface area contributed by atoms with Gasteiger partial charge in [-0.1, -0.05) is 60.7 Å². The molecular weight excluding hydrogens is 308 g/mol. The average molecular weight is 332 g/mol. The van der Waals surface area contributed by atoms with E-state index in [1.807, 2.05) is 60.3 Å². The topological polar surface area (TPSA) is 49.7 Å². The van der Waals surface area contributed by atoms with Crippen LogP contribution in [0.5, 0.6) is 0 Å². The quantitative estimate of drug-likeness (QED) is 0.882. The van der Waals surface area contributed by atoms with Gasteiger partial charge in [-0.25, -0.2) is 0 Å². The molecular formula is C19H24O3S. The van der Waals surface area contributed by atoms with E-state index in [1.165, 1.54) is 5.56 Å². The Kier molecular flexibility index (Phi) is 8.18. The van der Waals surface area contributed by atoms with Crippen LogP contribution >= 0.6 is 11.8 Å². The first-order valence-electron chi connectivity index (χ1n) is 7.84. The Labute approximate surface area is 142 Å². The first-order chi connectivity index (χ1) is 11.3. The van der Waals surface area contributed by atoms with E-state index in [0.29, 0.717) is 11.9 Å². The highest BCUT2D eigenvalue weighted by Crippen LogP contribution is 2.26. The number of aliphatic hydroxyl groups is 2. The van der Waals surface area contributed by atoms with Crippen LogP contribution in [-0.2, 0) is 18.0 Å². The number of ether oxygens (including phenoxy) is 1. The third kappa shape index (κ3) is 7.18. The van der Waals surface area contributed by atoms with Crippen molar-refractivity contribution in [2.45, 2.75) is 31.0 Å². The number of aliphatic hydroxyl groups excluding tert-OH is 2. The fraction of sp³-hybridized carbons (Fsp3) is 0.368. The highest BCUT2D eigenvalue weighted by Gasteiger charge is 2.23. The van der Waals surface area contributed by atoms with E-state index in [2.05, 4.69) is 12.1 Å². The van der Waals surface area contributed by atoms with Crippen LogP contribution < -0.4 is 0 Å². The highest BCUT2D eigenvalue weighted by molar-refractivity contribution is 8.00. The zero-order valence-electron chi connectivity index (χ0n) is 13.2. The fourth-order valence-corrected chi connectivity index (χ4v) is 3.45. The lowest BCUT2D eigenvalue weighted by atomic mass is 10.2. The van der Waals surface area contributed by atoms with E-state index in [-0.39, 0.29) is 12.7 Å². The molecule has 4 heteroatoms. The summed E-state index contributed by atoms with van der Waals surface area (Å²) in [5.74, 6) is 0.860. The highest BCUT2D eigenvalue weighted by atomic mass is 32.2. The Morgan fingerprint density at radius 1 is 0.957 bits per heavy atom. The van der Waals surface area contributed by atoms with Gasteiger partial charge in [-0.2, -0.15) is 11.8 Å². The molecule has 1 fully saturated rings. The summed E-state index contributed by atoms with van der Waals surface area (Å²) in [6, 6.07) is 19.7. The lowest BCUT2D eigenvalue weighted by Gasteiger charge is -2.09. The van der Waals surface area contributed by atoms with Crippen LogP contribution in [0.3, 0.4) is 0 Å². The summed E-state index contributed by atoms with van der Waals surface area (Å²) in [7, 11) is 0. The van der Waals surface area contributed by atoms with Gasteiger partial charge >= 0.3 is 0 Å². The van der Waals surface area contributed by atoms with Crippen molar-refractivity contribution in [1.29, 1.82) is 0 Å². The maximum atomic E-state index is 9.34. The van der Waals surface area contributed by atoms with E-state index in [4.69, 9.17) is 9.84 Å². The van der Waals surface area contributed by atoms with Crippen molar-refractivity contribution in [3.63, 3.8) is 0 Å². The van der Waals surface area contributed by atoms with Crippen LogP contribution in [0.2, 0.25) is 0 Å². The van der Waals surface area contributed by atoms with Gasteiger partial charge in [-0.15, -0.1) is 0 Å². The summed E-state index contributed by atoms with van der Waals surface area (Å²) in [6.07, 6.45) is 0.750. The second kappa shape index (κ2) is 10.4. The maximum absolute atomic E-state index is 9.34. The van der Waals surface area contributed by atoms with Crippen molar-refractivity contribution in [3.8, 4) is 0 Å². The lowest BCUT2D eigenvalue weighted by Crippen LogP contribution is -2.11. The smallest absolute Gasteiger partial charge is 0.0717 e. The molecule has 0 radical (unpaired) electrons. The van der Waals surface area contributed by atoms with Crippen molar-refractivity contribution in [3.05, 3.63) is 71.8 Å². The summed E-state index contributed by atoms with van der Waals surface area (Å²) >= 11 is 1.81. The molecule has 2 atom stereocenters. The first kappa shape index (κ1) is 18.0. The van der Waals surface area contributed by atoms with Crippen molar-refractivity contribution >= 4 is 11.8 Å². The van der Waals surface area contributed by atoms with E-state index >= 15 is 0 Å². The molecule has 0 amide bonds. The molecule has 23 heavy (non-hydrogen) atoms. The third-order valence-electron chi connectivity index (χ3n) is 3.50. The van der Waals surface area contributed by atoms with E-state index in [0.717, 1.165) is 24.3 Å². The Morgan fingerprint density at radius 3 is 2.04 bits per heavy atom. The largest absolute Gasteiger partial charge is 0.392 e. The SMILES string of the molecule is OC1CSC(COCc2ccccc2)C1.OCc1ccccc1. The molecule has 1 saturated heterocycles. The summed E-state index contributed by atoms with van der Waals surface area (Å²) in [6.45, 7) is 1.56. The van der Waals surface area contributed by atoms with Gasteiger partial charge in [0.1, 0.15) is 0 Å². The Hall–Kier alpha value is -1.33. The van der Waals surface area contributed by atoms with Gasteiger partial charge in [0.2, 0.25) is 0 Å². The van der Waals surface area contributed by atoms with Gasteiger partial charge in [0, 0.05) is 11.0 Å². The number of hydrogen-bond donors (Lipinski definition) is 2. The molecule has 124 valence electrons. The Balaban J connectivity index is 0.000000203. The van der Waals surface area contributed by atoms with Gasteiger partial charge in [0.05, 0.1) is 25.9 Å². The molecule has 2 N–H and O–H groups in total. The molecule has 0 spiro atoms. The molecule has 0 aliphatic carbocycles. The van der Waals surface area contributed by atoms with Gasteiger partial charge in [-0.3, -0.25) is 0 Å². The number of thioether (sulfide) groups is 1. The molecule has 2 aromatic carbocycles. The molecule has 1 aliphatic heterocycles. The van der Waals surface area contributed by atoms with Crippen LogP contribution in [-0.4, -0.2) is 33.9 Å². The van der Waals surface area contributed by atoms with Gasteiger partial charge in [0.25, 0.3) is 0 Å². The molecule has 3 rings (SSSR count). The van der Waals surface area contributed by atoms with Crippen LogP contribution in [0.1, 0.15) is 17.5 Å². The second-order valence-electron chi connectivity index (χ2n) is 5.49. The zero-order chi connectivity index (χ0) is 16.3. The monoisotopic (exact) mass is 332 g/mol. The molecule has 0 aromatic heterocycles. The van der Waals surface area contributed by atoms with Crippen molar-refractivity contribution in [2.24, 2.45) is 0 Å². The molecule has 2 unspecified atom stereocenters. The summed E-state index contributed by atoms with van der Waals surface area (Å²) in [5.41, 5.74) is 2.17. The average Bonchev–Trinajstić information content (AvgIpc) is 3.02. The predicted octanol–water partition coefficient (Wildman–Crippen LogP) is 3.25. The first-order valence-corrected chi connectivity index (χ1v) is 8.89. The minimum absolute atomic E-state index is 0.125. The molecule has 1 heterocycles. The van der Waals surface area contributed by atoms with E-state index in [1.54, 1.807) is 0 Å². The zero-order valence-corrected chi connectivity index (χ0v) is 14.0. The minimum Gasteiger partial charge on any atom is -0.392 e. The minimum atomic E-state index is -0.125. The lowest BCUT2D eigenvalue weighted by molar-refractivity contribution is 0.111. The van der Waals surface area contributed by atoms with Crippen molar-refractivity contribution < 1.29 is 14.9 Å².